The van der Waals surface area contributed by atoms with Crippen LogP contribution in [0.4, 0.5) is 13.6 Å². The molecule has 0 radical (unpaired) electrons. The lowest BCUT2D eigenvalue weighted by Gasteiger charge is -2.22. The Morgan fingerprint density at radius 1 is 1.43 bits per heavy atom. The van der Waals surface area contributed by atoms with E-state index in [-0.39, 0.29) is 13.2 Å². The van der Waals surface area contributed by atoms with Crippen molar-refractivity contribution in [1.29, 1.82) is 0 Å². The topological polar surface area (TPSA) is 61.8 Å². The zero-order valence-electron chi connectivity index (χ0n) is 11.5. The summed E-state index contributed by atoms with van der Waals surface area (Å²) in [6.07, 6.45) is -0.503. The van der Waals surface area contributed by atoms with Gasteiger partial charge in [-0.05, 0) is 12.1 Å². The molecule has 1 aromatic carbocycles. The molecule has 2 N–H and O–H groups in total. The Balaban J connectivity index is 1.74. The number of aliphatic hydroxyl groups excluding tert-OH is 1. The highest BCUT2D eigenvalue weighted by molar-refractivity contribution is 5.75. The minimum absolute atomic E-state index is 0.202. The molecule has 7 heteroatoms. The van der Waals surface area contributed by atoms with Gasteiger partial charge < -0.3 is 20.1 Å². The van der Waals surface area contributed by atoms with E-state index in [4.69, 9.17) is 9.84 Å². The molecule has 0 aromatic heterocycles. The molecule has 2 amide bonds. The van der Waals surface area contributed by atoms with E-state index < -0.39 is 37.6 Å². The van der Waals surface area contributed by atoms with Crippen LogP contribution in [0.15, 0.2) is 30.3 Å². The average Bonchev–Trinajstić information content (AvgIpc) is 2.80. The number of alkyl halides is 2. The Kier molecular flexibility index (Phi) is 4.95. The molecular weight excluding hydrogens is 282 g/mol. The number of ether oxygens (including phenoxy) is 1. The van der Waals surface area contributed by atoms with Crippen LogP contribution in [-0.4, -0.2) is 54.3 Å². The van der Waals surface area contributed by atoms with E-state index >= 15 is 0 Å². The molecule has 1 aliphatic heterocycles. The van der Waals surface area contributed by atoms with Gasteiger partial charge in [0.15, 0.2) is 0 Å². The highest BCUT2D eigenvalue weighted by Crippen LogP contribution is 2.31. The number of likely N-dealkylation sites (tertiary alicyclic amines) is 1. The molecule has 0 aliphatic carbocycles. The molecule has 0 bridgehead atoms. The number of aliphatic hydroxyl groups is 1. The van der Waals surface area contributed by atoms with Crippen LogP contribution >= 0.6 is 0 Å². The highest BCUT2D eigenvalue weighted by Gasteiger charge is 2.46. The Hall–Kier alpha value is -1.89. The summed E-state index contributed by atoms with van der Waals surface area (Å²) in [7, 11) is 0. The molecule has 116 valence electrons. The molecule has 5 nitrogen and oxygen atoms in total. The normalized spacial score (nSPS) is 20.3. The first-order chi connectivity index (χ1) is 10.0. The van der Waals surface area contributed by atoms with Crippen molar-refractivity contribution in [3.8, 4) is 5.75 Å². The van der Waals surface area contributed by atoms with Gasteiger partial charge in [-0.2, -0.15) is 0 Å². The van der Waals surface area contributed by atoms with E-state index in [1.54, 1.807) is 12.1 Å². The summed E-state index contributed by atoms with van der Waals surface area (Å²) in [5.41, 5.74) is 0. The number of para-hydroxylation sites is 1. The van der Waals surface area contributed by atoms with Crippen molar-refractivity contribution in [2.45, 2.75) is 18.4 Å². The molecule has 1 saturated heterocycles. The average molecular weight is 300 g/mol. The maximum atomic E-state index is 13.2. The maximum Gasteiger partial charge on any atom is 0.318 e. The van der Waals surface area contributed by atoms with Gasteiger partial charge in [0, 0.05) is 6.42 Å². The number of hydrogen-bond donors (Lipinski definition) is 2. The lowest BCUT2D eigenvalue weighted by Crippen LogP contribution is -2.45. The Morgan fingerprint density at radius 3 is 2.81 bits per heavy atom. The van der Waals surface area contributed by atoms with Gasteiger partial charge in [-0.1, -0.05) is 18.2 Å². The van der Waals surface area contributed by atoms with Crippen molar-refractivity contribution >= 4 is 6.03 Å². The first-order valence-corrected chi connectivity index (χ1v) is 6.73. The van der Waals surface area contributed by atoms with Crippen LogP contribution in [0.5, 0.6) is 5.75 Å². The molecule has 0 spiro atoms. The summed E-state index contributed by atoms with van der Waals surface area (Å²) < 4.78 is 31.9. The van der Waals surface area contributed by atoms with Crippen LogP contribution in [0.2, 0.25) is 0 Å². The van der Waals surface area contributed by atoms with Crippen molar-refractivity contribution in [3.05, 3.63) is 30.3 Å². The van der Waals surface area contributed by atoms with E-state index in [1.165, 1.54) is 0 Å². The second-order valence-electron chi connectivity index (χ2n) is 4.92. The predicted molar refractivity (Wildman–Crippen MR) is 72.5 cm³/mol. The molecule has 1 unspecified atom stereocenters. The number of halogens is 2. The van der Waals surface area contributed by atoms with Crippen LogP contribution in [0.1, 0.15) is 6.42 Å². The minimum Gasteiger partial charge on any atom is -0.492 e. The van der Waals surface area contributed by atoms with Crippen LogP contribution < -0.4 is 10.1 Å². The fourth-order valence-electron chi connectivity index (χ4n) is 2.24. The molecule has 21 heavy (non-hydrogen) atoms. The summed E-state index contributed by atoms with van der Waals surface area (Å²) in [6, 6.07) is 7.63. The van der Waals surface area contributed by atoms with Crippen molar-refractivity contribution in [3.63, 3.8) is 0 Å². The van der Waals surface area contributed by atoms with E-state index in [0.29, 0.717) is 5.75 Å². The number of carbonyl (C=O) groups excluding carboxylic acids is 1. The standard InChI is InChI=1S/C14H18F2N2O3/c15-14(16)8-11(9-19)18(10-14)13(20)17-6-7-21-12-4-2-1-3-5-12/h1-5,11,19H,6-10H2,(H,17,20). The number of rotatable bonds is 5. The third-order valence-corrected chi connectivity index (χ3v) is 3.24. The minimum atomic E-state index is -2.94. The Bertz CT molecular complexity index is 471. The summed E-state index contributed by atoms with van der Waals surface area (Å²) in [4.78, 5) is 12.8. The maximum absolute atomic E-state index is 13.2. The molecule has 1 atom stereocenters. The molecule has 2 rings (SSSR count). The molecule has 1 heterocycles. The van der Waals surface area contributed by atoms with Crippen LogP contribution in [0, 0.1) is 0 Å². The van der Waals surface area contributed by atoms with Crippen LogP contribution in [0.25, 0.3) is 0 Å². The van der Waals surface area contributed by atoms with Crippen molar-refractivity contribution in [2.24, 2.45) is 0 Å². The second-order valence-corrected chi connectivity index (χ2v) is 4.92. The highest BCUT2D eigenvalue weighted by atomic mass is 19.3. The van der Waals surface area contributed by atoms with Gasteiger partial charge in [-0.25, -0.2) is 13.6 Å². The van der Waals surface area contributed by atoms with Gasteiger partial charge in [0.05, 0.1) is 25.7 Å². The predicted octanol–water partition coefficient (Wildman–Crippen LogP) is 1.48. The largest absolute Gasteiger partial charge is 0.492 e. The van der Waals surface area contributed by atoms with Gasteiger partial charge in [0.25, 0.3) is 5.92 Å². The van der Waals surface area contributed by atoms with Crippen molar-refractivity contribution < 1.29 is 23.4 Å². The number of nitrogens with one attached hydrogen (secondary N) is 1. The summed E-state index contributed by atoms with van der Waals surface area (Å²) >= 11 is 0. The lowest BCUT2D eigenvalue weighted by molar-refractivity contribution is 0.0141. The fourth-order valence-corrected chi connectivity index (χ4v) is 2.24. The van der Waals surface area contributed by atoms with Gasteiger partial charge in [-0.15, -0.1) is 0 Å². The third-order valence-electron chi connectivity index (χ3n) is 3.24. The molecule has 1 aliphatic rings. The van der Waals surface area contributed by atoms with Crippen LogP contribution in [0.3, 0.4) is 0 Å². The van der Waals surface area contributed by atoms with Gasteiger partial charge in [-0.3, -0.25) is 0 Å². The smallest absolute Gasteiger partial charge is 0.318 e. The summed E-state index contributed by atoms with van der Waals surface area (Å²) in [5, 5.41) is 11.6. The summed E-state index contributed by atoms with van der Waals surface area (Å²) in [6.45, 7) is -0.690. The molecule has 1 aromatic rings. The van der Waals surface area contributed by atoms with E-state index in [0.717, 1.165) is 4.90 Å². The monoisotopic (exact) mass is 300 g/mol. The molecule has 0 saturated carbocycles. The van der Waals surface area contributed by atoms with Gasteiger partial charge in [0.2, 0.25) is 0 Å². The SMILES string of the molecule is O=C(NCCOc1ccccc1)N1CC(F)(F)CC1CO. The quantitative estimate of drug-likeness (QED) is 0.810. The van der Waals surface area contributed by atoms with Crippen LogP contribution in [-0.2, 0) is 0 Å². The number of urea groups is 1. The van der Waals surface area contributed by atoms with Crippen molar-refractivity contribution in [1.82, 2.24) is 10.2 Å². The van der Waals surface area contributed by atoms with Crippen molar-refractivity contribution in [2.75, 3.05) is 26.3 Å². The Labute approximate surface area is 121 Å². The lowest BCUT2D eigenvalue weighted by atomic mass is 10.2. The number of hydrogen-bond acceptors (Lipinski definition) is 3. The zero-order chi connectivity index (χ0) is 15.3. The molecular formula is C14H18F2N2O3. The van der Waals surface area contributed by atoms with E-state index in [9.17, 15) is 13.6 Å². The first-order valence-electron chi connectivity index (χ1n) is 6.73. The Morgan fingerprint density at radius 2 is 2.14 bits per heavy atom. The fraction of sp³-hybridized carbons (Fsp3) is 0.500. The third kappa shape index (κ3) is 4.29. The van der Waals surface area contributed by atoms with E-state index in [2.05, 4.69) is 5.32 Å². The molecule has 1 fully saturated rings. The number of nitrogens with zero attached hydrogens (tertiary/aromatic N) is 1. The zero-order valence-corrected chi connectivity index (χ0v) is 11.5. The second kappa shape index (κ2) is 6.71. The van der Waals surface area contributed by atoms with Gasteiger partial charge >= 0.3 is 6.03 Å². The first kappa shape index (κ1) is 15.5. The number of amides is 2. The summed E-state index contributed by atoms with van der Waals surface area (Å²) in [5.74, 6) is -2.27. The number of benzene rings is 1. The van der Waals surface area contributed by atoms with Gasteiger partial charge in [0.1, 0.15) is 12.4 Å². The number of carbonyl (C=O) groups is 1. The van der Waals surface area contributed by atoms with E-state index in [1.807, 2.05) is 18.2 Å².